The van der Waals surface area contributed by atoms with Crippen molar-refractivity contribution < 1.29 is 9.21 Å². The lowest BCUT2D eigenvalue weighted by molar-refractivity contribution is -0.122. The van der Waals surface area contributed by atoms with Crippen molar-refractivity contribution in [2.24, 2.45) is 0 Å². The number of aryl methyl sites for hydroxylation is 1. The fraction of sp³-hybridized carbons (Fsp3) is 0.545. The van der Waals surface area contributed by atoms with Crippen molar-refractivity contribution in [3.63, 3.8) is 0 Å². The number of amides is 1. The molecule has 0 aliphatic carbocycles. The average Bonchev–Trinajstić information content (AvgIpc) is 2.63. The Morgan fingerprint density at radius 1 is 1.47 bits per heavy atom. The van der Waals surface area contributed by atoms with E-state index in [1.165, 1.54) is 0 Å². The van der Waals surface area contributed by atoms with E-state index in [4.69, 9.17) is 4.42 Å². The van der Waals surface area contributed by atoms with E-state index in [2.05, 4.69) is 10.6 Å². The summed E-state index contributed by atoms with van der Waals surface area (Å²) in [6.45, 7) is 5.79. The summed E-state index contributed by atoms with van der Waals surface area (Å²) in [4.78, 5) is 11.3. The first kappa shape index (κ1) is 11.8. The van der Waals surface area contributed by atoms with Gasteiger partial charge in [0, 0.05) is 7.05 Å². The summed E-state index contributed by atoms with van der Waals surface area (Å²) in [6.07, 6.45) is 1.66. The number of carbonyl (C=O) groups is 1. The Balaban J connectivity index is 2.60. The van der Waals surface area contributed by atoms with Gasteiger partial charge in [0.25, 0.3) is 0 Å². The molecule has 4 heteroatoms. The van der Waals surface area contributed by atoms with Gasteiger partial charge in [-0.3, -0.25) is 10.1 Å². The minimum atomic E-state index is -0.227. The minimum Gasteiger partial charge on any atom is -0.467 e. The molecule has 2 atom stereocenters. The molecule has 1 aromatic heterocycles. The van der Waals surface area contributed by atoms with Crippen LogP contribution in [0.5, 0.6) is 0 Å². The molecule has 1 heterocycles. The van der Waals surface area contributed by atoms with Crippen LogP contribution in [0.15, 0.2) is 16.7 Å². The standard InChI is InChI=1S/C11H18N2O2/c1-7-5-6-15-10(7)8(2)13-9(3)11(14)12-4/h5-6,8-9,13H,1-4H3,(H,12,14)/t8?,9-/m1/s1. The highest BCUT2D eigenvalue weighted by atomic mass is 16.3. The van der Waals surface area contributed by atoms with Crippen LogP contribution in [0, 0.1) is 6.92 Å². The molecule has 15 heavy (non-hydrogen) atoms. The molecule has 84 valence electrons. The van der Waals surface area contributed by atoms with Gasteiger partial charge in [-0.05, 0) is 32.4 Å². The normalized spacial score (nSPS) is 14.7. The van der Waals surface area contributed by atoms with Crippen molar-refractivity contribution in [3.05, 3.63) is 23.7 Å². The van der Waals surface area contributed by atoms with Crippen LogP contribution in [-0.2, 0) is 4.79 Å². The third-order valence-electron chi connectivity index (χ3n) is 2.43. The highest BCUT2D eigenvalue weighted by molar-refractivity contribution is 5.80. The molecule has 0 saturated carbocycles. The predicted octanol–water partition coefficient (Wildman–Crippen LogP) is 1.37. The van der Waals surface area contributed by atoms with Crippen molar-refractivity contribution in [1.29, 1.82) is 0 Å². The van der Waals surface area contributed by atoms with Crippen LogP contribution < -0.4 is 10.6 Å². The smallest absolute Gasteiger partial charge is 0.236 e. The molecule has 0 aliphatic heterocycles. The van der Waals surface area contributed by atoms with Crippen LogP contribution in [0.4, 0.5) is 0 Å². The number of likely N-dealkylation sites (N-methyl/N-ethyl adjacent to an activating group) is 1. The summed E-state index contributed by atoms with van der Waals surface area (Å²) < 4.78 is 5.35. The molecule has 0 bridgehead atoms. The first-order chi connectivity index (χ1) is 7.06. The van der Waals surface area contributed by atoms with Crippen LogP contribution in [0.25, 0.3) is 0 Å². The maximum atomic E-state index is 11.3. The van der Waals surface area contributed by atoms with E-state index >= 15 is 0 Å². The first-order valence-corrected chi connectivity index (χ1v) is 5.08. The van der Waals surface area contributed by atoms with Gasteiger partial charge in [-0.2, -0.15) is 0 Å². The van der Waals surface area contributed by atoms with Crippen LogP contribution in [0.1, 0.15) is 31.2 Å². The van der Waals surface area contributed by atoms with Gasteiger partial charge < -0.3 is 9.73 Å². The lowest BCUT2D eigenvalue weighted by Gasteiger charge is -2.17. The zero-order valence-corrected chi connectivity index (χ0v) is 9.63. The van der Waals surface area contributed by atoms with Gasteiger partial charge in [0.15, 0.2) is 0 Å². The van der Waals surface area contributed by atoms with Gasteiger partial charge in [0.2, 0.25) is 5.91 Å². The minimum absolute atomic E-state index is 0.0222. The molecule has 1 unspecified atom stereocenters. The number of rotatable bonds is 4. The molecule has 1 amide bonds. The largest absolute Gasteiger partial charge is 0.467 e. The maximum absolute atomic E-state index is 11.3. The second-order valence-corrected chi connectivity index (χ2v) is 3.69. The number of hydrogen-bond acceptors (Lipinski definition) is 3. The van der Waals surface area contributed by atoms with Gasteiger partial charge in [-0.1, -0.05) is 0 Å². The second kappa shape index (κ2) is 4.98. The summed E-state index contributed by atoms with van der Waals surface area (Å²) in [7, 11) is 1.63. The number of hydrogen-bond donors (Lipinski definition) is 2. The van der Waals surface area contributed by atoms with Gasteiger partial charge >= 0.3 is 0 Å². The highest BCUT2D eigenvalue weighted by Gasteiger charge is 2.17. The lowest BCUT2D eigenvalue weighted by atomic mass is 10.1. The van der Waals surface area contributed by atoms with Crippen molar-refractivity contribution in [2.45, 2.75) is 32.9 Å². The summed E-state index contributed by atoms with van der Waals surface area (Å²) in [6, 6.07) is 1.72. The zero-order valence-electron chi connectivity index (χ0n) is 9.63. The molecule has 0 fully saturated rings. The Morgan fingerprint density at radius 2 is 2.13 bits per heavy atom. The van der Waals surface area contributed by atoms with Gasteiger partial charge in [0.05, 0.1) is 18.3 Å². The summed E-state index contributed by atoms with van der Waals surface area (Å²) in [5.74, 6) is 0.858. The van der Waals surface area contributed by atoms with Gasteiger partial charge in [-0.15, -0.1) is 0 Å². The van der Waals surface area contributed by atoms with Gasteiger partial charge in [0.1, 0.15) is 5.76 Å². The van der Waals surface area contributed by atoms with E-state index in [0.29, 0.717) is 0 Å². The molecule has 0 spiro atoms. The van der Waals surface area contributed by atoms with E-state index in [0.717, 1.165) is 11.3 Å². The lowest BCUT2D eigenvalue weighted by Crippen LogP contribution is -2.41. The Morgan fingerprint density at radius 3 is 2.60 bits per heavy atom. The zero-order chi connectivity index (χ0) is 11.4. The predicted molar refractivity (Wildman–Crippen MR) is 58.5 cm³/mol. The topological polar surface area (TPSA) is 54.3 Å². The molecule has 0 radical (unpaired) electrons. The second-order valence-electron chi connectivity index (χ2n) is 3.69. The molecule has 1 aromatic rings. The van der Waals surface area contributed by atoms with Crippen LogP contribution in [0.3, 0.4) is 0 Å². The fourth-order valence-corrected chi connectivity index (χ4v) is 1.57. The van der Waals surface area contributed by atoms with E-state index in [9.17, 15) is 4.79 Å². The summed E-state index contributed by atoms with van der Waals surface area (Å²) in [5.41, 5.74) is 1.10. The number of carbonyl (C=O) groups excluding carboxylic acids is 1. The van der Waals surface area contributed by atoms with Crippen molar-refractivity contribution in [3.8, 4) is 0 Å². The molecule has 0 aliphatic rings. The Hall–Kier alpha value is -1.29. The number of nitrogens with one attached hydrogen (secondary N) is 2. The molecular formula is C11H18N2O2. The molecule has 0 aromatic carbocycles. The van der Waals surface area contributed by atoms with Crippen molar-refractivity contribution in [1.82, 2.24) is 10.6 Å². The molecule has 1 rings (SSSR count). The molecule has 4 nitrogen and oxygen atoms in total. The Labute approximate surface area is 90.0 Å². The van der Waals surface area contributed by atoms with E-state index < -0.39 is 0 Å². The Kier molecular flexibility index (Phi) is 3.91. The monoisotopic (exact) mass is 210 g/mol. The quantitative estimate of drug-likeness (QED) is 0.789. The van der Waals surface area contributed by atoms with Crippen LogP contribution >= 0.6 is 0 Å². The summed E-state index contributed by atoms with van der Waals surface area (Å²) in [5, 5.41) is 5.77. The van der Waals surface area contributed by atoms with Crippen molar-refractivity contribution in [2.75, 3.05) is 7.05 Å². The number of furan rings is 1. The first-order valence-electron chi connectivity index (χ1n) is 5.08. The molecule has 2 N–H and O–H groups in total. The van der Waals surface area contributed by atoms with Crippen molar-refractivity contribution >= 4 is 5.91 Å². The average molecular weight is 210 g/mol. The molecular weight excluding hydrogens is 192 g/mol. The van der Waals surface area contributed by atoms with E-state index in [1.54, 1.807) is 13.3 Å². The van der Waals surface area contributed by atoms with E-state index in [-0.39, 0.29) is 18.0 Å². The third kappa shape index (κ3) is 2.83. The fourth-order valence-electron chi connectivity index (χ4n) is 1.57. The highest BCUT2D eigenvalue weighted by Crippen LogP contribution is 2.18. The molecule has 0 saturated heterocycles. The van der Waals surface area contributed by atoms with E-state index in [1.807, 2.05) is 26.8 Å². The SMILES string of the molecule is CNC(=O)[C@@H](C)NC(C)c1occc1C. The third-order valence-corrected chi connectivity index (χ3v) is 2.43. The van der Waals surface area contributed by atoms with Crippen LogP contribution in [-0.4, -0.2) is 19.0 Å². The van der Waals surface area contributed by atoms with Gasteiger partial charge in [-0.25, -0.2) is 0 Å². The maximum Gasteiger partial charge on any atom is 0.236 e. The Bertz CT molecular complexity index is 333. The van der Waals surface area contributed by atoms with Crippen LogP contribution in [0.2, 0.25) is 0 Å². The summed E-state index contributed by atoms with van der Waals surface area (Å²) >= 11 is 0.